The summed E-state index contributed by atoms with van der Waals surface area (Å²) in [6.45, 7) is -0.568. The Morgan fingerprint density at radius 3 is 2.93 bits per heavy atom. The van der Waals surface area contributed by atoms with Gasteiger partial charge in [-0.2, -0.15) is 0 Å². The molecule has 1 aliphatic rings. The maximum atomic E-state index is 12.6. The van der Waals surface area contributed by atoms with E-state index in [0.717, 1.165) is 24.2 Å². The number of hydrogen-bond donors (Lipinski definition) is 3. The highest BCUT2D eigenvalue weighted by Crippen LogP contribution is 2.35. The van der Waals surface area contributed by atoms with Gasteiger partial charge in [0.2, 0.25) is 0 Å². The largest absolute Gasteiger partial charge is 0.480 e. The van der Waals surface area contributed by atoms with Crippen molar-refractivity contribution in [2.45, 2.75) is 35.6 Å². The van der Waals surface area contributed by atoms with Crippen LogP contribution < -0.4 is 10.7 Å². The summed E-state index contributed by atoms with van der Waals surface area (Å²) in [6.07, 6.45) is 5.80. The maximum Gasteiger partial charge on any atom is 0.322 e. The lowest BCUT2D eigenvalue weighted by molar-refractivity contribution is -0.135. The molecule has 0 bridgehead atoms. The third-order valence-corrected chi connectivity index (χ3v) is 5.84. The van der Waals surface area contributed by atoms with Crippen LogP contribution in [0.2, 0.25) is 0 Å². The minimum Gasteiger partial charge on any atom is -0.480 e. The number of aryl methyl sites for hydroxylation is 1. The maximum absolute atomic E-state index is 12.6. The number of aliphatic carboxylic acids is 1. The van der Waals surface area contributed by atoms with Crippen LogP contribution in [0.25, 0.3) is 5.65 Å². The predicted molar refractivity (Wildman–Crippen MR) is 103 cm³/mol. The van der Waals surface area contributed by atoms with Crippen LogP contribution in [-0.2, 0) is 17.6 Å². The van der Waals surface area contributed by atoms with Gasteiger partial charge in [0.15, 0.2) is 11.1 Å². The number of amides is 1. The molecular weight excluding hydrogens is 380 g/mol. The van der Waals surface area contributed by atoms with E-state index in [2.05, 4.69) is 21.5 Å². The Labute approximate surface area is 164 Å². The number of pyridine rings is 1. The molecule has 3 N–H and O–H groups in total. The SMILES string of the molecule is O=C(O)CNC(=O)c1c(=O)cc(Sc2cccc3c2CCCC3)n2[nH]cnc12. The van der Waals surface area contributed by atoms with Gasteiger partial charge in [0.1, 0.15) is 23.5 Å². The molecular formula is C19H18N4O4S. The molecule has 0 fully saturated rings. The van der Waals surface area contributed by atoms with Gasteiger partial charge in [0.05, 0.1) is 0 Å². The number of rotatable bonds is 5. The fraction of sp³-hybridized carbons (Fsp3) is 0.263. The van der Waals surface area contributed by atoms with Crippen LogP contribution in [0.5, 0.6) is 0 Å². The normalized spacial score (nSPS) is 13.3. The van der Waals surface area contributed by atoms with Gasteiger partial charge >= 0.3 is 5.97 Å². The van der Waals surface area contributed by atoms with Crippen LogP contribution in [-0.4, -0.2) is 38.1 Å². The second-order valence-corrected chi connectivity index (χ2v) is 7.61. The Balaban J connectivity index is 1.74. The molecule has 3 aromatic rings. The van der Waals surface area contributed by atoms with Crippen molar-refractivity contribution in [3.8, 4) is 0 Å². The molecule has 1 aromatic carbocycles. The monoisotopic (exact) mass is 398 g/mol. The van der Waals surface area contributed by atoms with Crippen molar-refractivity contribution >= 4 is 29.3 Å². The average molecular weight is 398 g/mol. The van der Waals surface area contributed by atoms with E-state index in [9.17, 15) is 14.4 Å². The summed E-state index contributed by atoms with van der Waals surface area (Å²) >= 11 is 1.46. The topological polar surface area (TPSA) is 117 Å². The number of carbonyl (C=O) groups excluding carboxylic acids is 1. The zero-order valence-electron chi connectivity index (χ0n) is 14.9. The molecule has 0 saturated heterocycles. The molecule has 0 atom stereocenters. The van der Waals surface area contributed by atoms with Gasteiger partial charge in [-0.3, -0.25) is 19.5 Å². The molecule has 1 amide bonds. The number of nitrogens with zero attached hydrogens (tertiary/aromatic N) is 2. The smallest absolute Gasteiger partial charge is 0.322 e. The lowest BCUT2D eigenvalue weighted by atomic mass is 9.92. The van der Waals surface area contributed by atoms with Crippen LogP contribution in [0.4, 0.5) is 0 Å². The van der Waals surface area contributed by atoms with E-state index in [0.29, 0.717) is 5.03 Å². The van der Waals surface area contributed by atoms with Crippen molar-refractivity contribution in [2.24, 2.45) is 0 Å². The second-order valence-electron chi connectivity index (χ2n) is 6.55. The molecule has 0 saturated carbocycles. The van der Waals surface area contributed by atoms with E-state index >= 15 is 0 Å². The molecule has 0 spiro atoms. The number of carboxylic acids is 1. The fourth-order valence-electron chi connectivity index (χ4n) is 3.46. The number of carboxylic acid groups (broad SMARTS) is 1. The first-order valence-corrected chi connectivity index (χ1v) is 9.74. The summed E-state index contributed by atoms with van der Waals surface area (Å²) in [5.41, 5.74) is 2.14. The number of carbonyl (C=O) groups is 2. The first kappa shape index (κ1) is 18.3. The zero-order valence-corrected chi connectivity index (χ0v) is 15.7. The third kappa shape index (κ3) is 3.40. The van der Waals surface area contributed by atoms with Gasteiger partial charge < -0.3 is 10.4 Å². The Hall–Kier alpha value is -3.07. The number of aromatic nitrogens is 3. The van der Waals surface area contributed by atoms with Gasteiger partial charge in [-0.15, -0.1) is 0 Å². The lowest BCUT2D eigenvalue weighted by Crippen LogP contribution is -2.33. The second kappa shape index (κ2) is 7.51. The van der Waals surface area contributed by atoms with E-state index < -0.39 is 23.9 Å². The minimum atomic E-state index is -1.19. The Bertz CT molecular complexity index is 1130. The number of H-pyrrole nitrogens is 1. The van der Waals surface area contributed by atoms with Crippen molar-refractivity contribution in [1.29, 1.82) is 0 Å². The van der Waals surface area contributed by atoms with Gasteiger partial charge in [0, 0.05) is 11.0 Å². The quantitative estimate of drug-likeness (QED) is 0.604. The van der Waals surface area contributed by atoms with Crippen molar-refractivity contribution in [2.75, 3.05) is 6.54 Å². The fourth-order valence-corrected chi connectivity index (χ4v) is 4.58. The first-order valence-electron chi connectivity index (χ1n) is 8.92. The predicted octanol–water partition coefficient (Wildman–Crippen LogP) is 1.87. The van der Waals surface area contributed by atoms with Crippen LogP contribution >= 0.6 is 11.8 Å². The van der Waals surface area contributed by atoms with E-state index in [1.165, 1.54) is 41.7 Å². The van der Waals surface area contributed by atoms with Gasteiger partial charge in [-0.05, 0) is 42.9 Å². The van der Waals surface area contributed by atoms with Gasteiger partial charge in [0.25, 0.3) is 5.91 Å². The highest BCUT2D eigenvalue weighted by atomic mass is 32.2. The number of aromatic amines is 1. The van der Waals surface area contributed by atoms with Crippen LogP contribution in [0.15, 0.2) is 45.3 Å². The molecule has 2 heterocycles. The first-order chi connectivity index (χ1) is 13.5. The highest BCUT2D eigenvalue weighted by molar-refractivity contribution is 7.99. The zero-order chi connectivity index (χ0) is 19.7. The Morgan fingerprint density at radius 1 is 1.29 bits per heavy atom. The van der Waals surface area contributed by atoms with Crippen molar-refractivity contribution in [1.82, 2.24) is 19.9 Å². The lowest BCUT2D eigenvalue weighted by Gasteiger charge is -2.19. The highest BCUT2D eigenvalue weighted by Gasteiger charge is 2.21. The summed E-state index contributed by atoms with van der Waals surface area (Å²) in [4.78, 5) is 40.8. The molecule has 2 aromatic heterocycles. The molecule has 0 radical (unpaired) electrons. The molecule has 28 heavy (non-hydrogen) atoms. The average Bonchev–Trinajstić information content (AvgIpc) is 3.16. The number of fused-ring (bicyclic) bond motifs is 2. The molecule has 0 unspecified atom stereocenters. The van der Waals surface area contributed by atoms with Crippen molar-refractivity contribution in [3.63, 3.8) is 0 Å². The summed E-state index contributed by atoms with van der Waals surface area (Å²) in [6, 6.07) is 7.59. The van der Waals surface area contributed by atoms with Crippen molar-refractivity contribution in [3.05, 3.63) is 57.5 Å². The Kier molecular flexibility index (Phi) is 4.91. The van der Waals surface area contributed by atoms with Crippen LogP contribution in [0, 0.1) is 0 Å². The van der Waals surface area contributed by atoms with E-state index in [-0.39, 0.29) is 11.2 Å². The van der Waals surface area contributed by atoms with Gasteiger partial charge in [-0.25, -0.2) is 9.50 Å². The number of hydrogen-bond acceptors (Lipinski definition) is 5. The third-order valence-electron chi connectivity index (χ3n) is 4.73. The van der Waals surface area contributed by atoms with Crippen LogP contribution in [0.1, 0.15) is 34.3 Å². The summed E-state index contributed by atoms with van der Waals surface area (Å²) in [7, 11) is 0. The molecule has 8 nitrogen and oxygen atoms in total. The molecule has 0 aliphatic heterocycles. The summed E-state index contributed by atoms with van der Waals surface area (Å²) in [5, 5.41) is 14.5. The Morgan fingerprint density at radius 2 is 2.11 bits per heavy atom. The van der Waals surface area contributed by atoms with Crippen molar-refractivity contribution < 1.29 is 14.7 Å². The number of benzene rings is 1. The van der Waals surface area contributed by atoms with Gasteiger partial charge in [-0.1, -0.05) is 23.9 Å². The minimum absolute atomic E-state index is 0.169. The summed E-state index contributed by atoms with van der Waals surface area (Å²) < 4.78 is 1.57. The molecule has 144 valence electrons. The molecule has 9 heteroatoms. The van der Waals surface area contributed by atoms with E-state index in [1.807, 2.05) is 12.1 Å². The number of nitrogens with one attached hydrogen (secondary N) is 2. The van der Waals surface area contributed by atoms with E-state index in [1.54, 1.807) is 4.52 Å². The summed E-state index contributed by atoms with van der Waals surface area (Å²) in [5.74, 6) is -1.95. The van der Waals surface area contributed by atoms with Crippen LogP contribution in [0.3, 0.4) is 0 Å². The standard InChI is InChI=1S/C19H18N4O4S/c24-13-8-15(28-14-7-3-5-11-4-1-2-6-12(11)14)23-18(21-10-22-23)17(13)19(27)20-9-16(25)26/h3,5,7-8,10H,1-2,4,6,9H2,(H,20,27)(H,21,22)(H,25,26). The van der Waals surface area contributed by atoms with E-state index in [4.69, 9.17) is 5.11 Å². The molecule has 4 rings (SSSR count). The molecule has 1 aliphatic carbocycles.